The minimum atomic E-state index is -4.57. The van der Waals surface area contributed by atoms with Crippen LogP contribution < -0.4 is 10.1 Å². The molecule has 1 amide bonds. The van der Waals surface area contributed by atoms with Gasteiger partial charge in [0, 0.05) is 5.69 Å². The standard InChI is InChI=1S/C20H13BrClF3N2O4/c1-30-17(28)10-31-18-15(21)6-11(7-16(18)22)5-12(9-26)19(29)27-14-4-2-3-13(8-14)20(23,24)25/h2-8H,10H2,1H3,(H,27,29)/b12-5-. The van der Waals surface area contributed by atoms with Crippen molar-refractivity contribution in [3.8, 4) is 11.8 Å². The fourth-order valence-corrected chi connectivity index (χ4v) is 3.27. The molecule has 0 unspecified atom stereocenters. The highest BCUT2D eigenvalue weighted by atomic mass is 79.9. The number of hydrogen-bond donors (Lipinski definition) is 1. The van der Waals surface area contributed by atoms with Crippen LogP contribution in [0.4, 0.5) is 18.9 Å². The molecule has 0 aromatic heterocycles. The minimum Gasteiger partial charge on any atom is -0.479 e. The Bertz CT molecular complexity index is 1060. The van der Waals surface area contributed by atoms with Gasteiger partial charge in [0.15, 0.2) is 12.4 Å². The summed E-state index contributed by atoms with van der Waals surface area (Å²) in [5, 5.41) is 11.6. The van der Waals surface area contributed by atoms with E-state index in [9.17, 15) is 28.0 Å². The van der Waals surface area contributed by atoms with Crippen molar-refractivity contribution in [2.45, 2.75) is 6.18 Å². The van der Waals surface area contributed by atoms with Gasteiger partial charge >= 0.3 is 12.1 Å². The Labute approximate surface area is 188 Å². The van der Waals surface area contributed by atoms with E-state index in [4.69, 9.17) is 16.3 Å². The lowest BCUT2D eigenvalue weighted by molar-refractivity contribution is -0.143. The van der Waals surface area contributed by atoms with Gasteiger partial charge in [-0.25, -0.2) is 4.79 Å². The Balaban J connectivity index is 2.24. The Kier molecular flexibility index (Phi) is 8.08. The van der Waals surface area contributed by atoms with E-state index in [0.29, 0.717) is 10.0 Å². The van der Waals surface area contributed by atoms with Crippen LogP contribution in [-0.2, 0) is 20.5 Å². The topological polar surface area (TPSA) is 88.4 Å². The van der Waals surface area contributed by atoms with Gasteiger partial charge in [-0.1, -0.05) is 17.7 Å². The first-order valence-electron chi connectivity index (χ1n) is 8.34. The van der Waals surface area contributed by atoms with Crippen LogP contribution in [0.5, 0.6) is 5.75 Å². The van der Waals surface area contributed by atoms with E-state index < -0.39 is 23.6 Å². The number of carbonyl (C=O) groups is 2. The van der Waals surface area contributed by atoms with Crippen molar-refractivity contribution in [3.05, 3.63) is 62.6 Å². The van der Waals surface area contributed by atoms with Crippen molar-refractivity contribution in [2.24, 2.45) is 0 Å². The van der Waals surface area contributed by atoms with Crippen LogP contribution in [0.1, 0.15) is 11.1 Å². The number of carbonyl (C=O) groups excluding carboxylic acids is 2. The SMILES string of the molecule is COC(=O)COc1c(Cl)cc(/C=C(/C#N)C(=O)Nc2cccc(C(F)(F)F)c2)cc1Br. The summed E-state index contributed by atoms with van der Waals surface area (Å²) < 4.78 is 48.5. The smallest absolute Gasteiger partial charge is 0.416 e. The molecule has 31 heavy (non-hydrogen) atoms. The number of anilines is 1. The zero-order chi connectivity index (χ0) is 23.2. The summed E-state index contributed by atoms with van der Waals surface area (Å²) in [6.45, 7) is -0.382. The monoisotopic (exact) mass is 516 g/mol. The van der Waals surface area contributed by atoms with Crippen molar-refractivity contribution < 1.29 is 32.2 Å². The third-order valence-electron chi connectivity index (χ3n) is 3.71. The lowest BCUT2D eigenvalue weighted by atomic mass is 10.1. The van der Waals surface area contributed by atoms with Crippen molar-refractivity contribution in [3.63, 3.8) is 0 Å². The summed E-state index contributed by atoms with van der Waals surface area (Å²) in [5.41, 5.74) is -1.10. The van der Waals surface area contributed by atoms with E-state index in [2.05, 4.69) is 26.0 Å². The molecule has 6 nitrogen and oxygen atoms in total. The minimum absolute atomic E-state index is 0.0834. The first kappa shape index (κ1) is 24.2. The van der Waals surface area contributed by atoms with Gasteiger partial charge in [0.2, 0.25) is 0 Å². The fraction of sp³-hybridized carbons (Fsp3) is 0.150. The number of halogens is 5. The number of esters is 1. The van der Waals surface area contributed by atoms with E-state index in [-0.39, 0.29) is 28.6 Å². The van der Waals surface area contributed by atoms with Crippen molar-refractivity contribution >= 4 is 51.2 Å². The highest BCUT2D eigenvalue weighted by Crippen LogP contribution is 2.35. The van der Waals surface area contributed by atoms with Gasteiger partial charge in [0.25, 0.3) is 5.91 Å². The first-order valence-corrected chi connectivity index (χ1v) is 9.51. The number of amides is 1. The summed E-state index contributed by atoms with van der Waals surface area (Å²) in [6, 6.07) is 8.58. The van der Waals surface area contributed by atoms with E-state index in [1.54, 1.807) is 6.07 Å². The number of benzene rings is 2. The second-order valence-electron chi connectivity index (χ2n) is 5.88. The predicted octanol–water partition coefficient (Wildman–Crippen LogP) is 5.22. The van der Waals surface area contributed by atoms with Gasteiger partial charge in [0.1, 0.15) is 11.6 Å². The average Bonchev–Trinajstić information content (AvgIpc) is 2.70. The maximum Gasteiger partial charge on any atom is 0.416 e. The van der Waals surface area contributed by atoms with E-state index >= 15 is 0 Å². The number of nitrogens with zero attached hydrogens (tertiary/aromatic N) is 1. The molecule has 0 aliphatic heterocycles. The number of nitriles is 1. The maximum absolute atomic E-state index is 12.8. The number of methoxy groups -OCH3 is 1. The van der Waals surface area contributed by atoms with Gasteiger partial charge < -0.3 is 14.8 Å². The summed E-state index contributed by atoms with van der Waals surface area (Å²) in [5.74, 6) is -1.37. The third-order valence-corrected chi connectivity index (χ3v) is 4.58. The van der Waals surface area contributed by atoms with Gasteiger partial charge in [-0.05, 0) is 57.9 Å². The molecule has 0 aliphatic rings. The van der Waals surface area contributed by atoms with E-state index in [1.165, 1.54) is 31.4 Å². The van der Waals surface area contributed by atoms with Crippen LogP contribution in [0.2, 0.25) is 5.02 Å². The largest absolute Gasteiger partial charge is 0.479 e. The highest BCUT2D eigenvalue weighted by molar-refractivity contribution is 9.10. The van der Waals surface area contributed by atoms with E-state index in [0.717, 1.165) is 18.2 Å². The number of nitrogens with one attached hydrogen (secondary N) is 1. The molecule has 2 rings (SSSR count). The predicted molar refractivity (Wildman–Crippen MR) is 110 cm³/mol. The van der Waals surface area contributed by atoms with Crippen molar-refractivity contribution in [2.75, 3.05) is 19.0 Å². The summed E-state index contributed by atoms with van der Waals surface area (Å²) in [7, 11) is 1.20. The van der Waals surface area contributed by atoms with E-state index in [1.807, 2.05) is 0 Å². The number of ether oxygens (including phenoxy) is 2. The van der Waals surface area contributed by atoms with Gasteiger partial charge in [0.05, 0.1) is 22.2 Å². The maximum atomic E-state index is 12.8. The summed E-state index contributed by atoms with van der Waals surface area (Å²) in [4.78, 5) is 23.6. The molecule has 0 fully saturated rings. The zero-order valence-electron chi connectivity index (χ0n) is 15.7. The Morgan fingerprint density at radius 1 is 1.29 bits per heavy atom. The molecule has 2 aromatic carbocycles. The van der Waals surface area contributed by atoms with Gasteiger partial charge in [-0.2, -0.15) is 18.4 Å². The summed E-state index contributed by atoms with van der Waals surface area (Å²) in [6.07, 6.45) is -3.38. The molecule has 1 N–H and O–H groups in total. The lowest BCUT2D eigenvalue weighted by Gasteiger charge is -2.11. The molecule has 0 saturated heterocycles. The van der Waals surface area contributed by atoms with Crippen molar-refractivity contribution in [1.29, 1.82) is 5.26 Å². The second kappa shape index (κ2) is 10.3. The Hall–Kier alpha value is -3.03. The zero-order valence-corrected chi connectivity index (χ0v) is 18.1. The second-order valence-corrected chi connectivity index (χ2v) is 7.14. The quantitative estimate of drug-likeness (QED) is 0.322. The molecule has 0 heterocycles. The van der Waals surface area contributed by atoms with Crippen LogP contribution in [0, 0.1) is 11.3 Å². The summed E-state index contributed by atoms with van der Waals surface area (Å²) >= 11 is 9.35. The molecule has 162 valence electrons. The van der Waals surface area contributed by atoms with Crippen LogP contribution in [0.3, 0.4) is 0 Å². The lowest BCUT2D eigenvalue weighted by Crippen LogP contribution is -2.14. The molecule has 0 atom stereocenters. The van der Waals surface area contributed by atoms with Crippen LogP contribution in [0.15, 0.2) is 46.4 Å². The Morgan fingerprint density at radius 3 is 2.58 bits per heavy atom. The average molecular weight is 518 g/mol. The molecule has 0 spiro atoms. The van der Waals surface area contributed by atoms with Crippen LogP contribution in [0.25, 0.3) is 6.08 Å². The molecule has 0 aliphatic carbocycles. The molecule has 0 radical (unpaired) electrons. The number of alkyl halides is 3. The number of hydrogen-bond acceptors (Lipinski definition) is 5. The first-order chi connectivity index (χ1) is 14.5. The molecule has 2 aromatic rings. The fourth-order valence-electron chi connectivity index (χ4n) is 2.28. The van der Waals surface area contributed by atoms with Crippen LogP contribution in [-0.4, -0.2) is 25.6 Å². The molecule has 11 heteroatoms. The van der Waals surface area contributed by atoms with Gasteiger partial charge in [-0.15, -0.1) is 0 Å². The molecule has 0 bridgehead atoms. The molecular formula is C20H13BrClF3N2O4. The highest BCUT2D eigenvalue weighted by Gasteiger charge is 2.30. The normalized spacial score (nSPS) is 11.5. The van der Waals surface area contributed by atoms with Gasteiger partial charge in [-0.3, -0.25) is 4.79 Å². The molecule has 0 saturated carbocycles. The Morgan fingerprint density at radius 2 is 2.00 bits per heavy atom. The molecular weight excluding hydrogens is 505 g/mol. The third kappa shape index (κ3) is 6.73. The number of rotatable bonds is 6. The van der Waals surface area contributed by atoms with Crippen molar-refractivity contribution in [1.82, 2.24) is 0 Å². The van der Waals surface area contributed by atoms with Crippen LogP contribution >= 0.6 is 27.5 Å².